The molecule has 2 rings (SSSR count). The number of Topliss-reactive ketones (excluding diaryl/α,β-unsaturated/α-hetero) is 1. The first-order valence-corrected chi connectivity index (χ1v) is 6.48. The van der Waals surface area contributed by atoms with Gasteiger partial charge in [-0.3, -0.25) is 9.20 Å². The topological polar surface area (TPSA) is 43.6 Å². The van der Waals surface area contributed by atoms with E-state index in [1.165, 1.54) is 0 Å². The van der Waals surface area contributed by atoms with Gasteiger partial charge in [0.1, 0.15) is 5.78 Å². The summed E-state index contributed by atoms with van der Waals surface area (Å²) in [6.45, 7) is 2.65. The van der Waals surface area contributed by atoms with Gasteiger partial charge in [-0.25, -0.2) is 4.98 Å². The molecule has 0 N–H and O–H groups in total. The molecular weight excluding hydrogens is 236 g/mol. The van der Waals surface area contributed by atoms with E-state index in [-0.39, 0.29) is 11.7 Å². The molecule has 2 aromatic rings. The molecule has 0 amide bonds. The minimum Gasteiger partial charge on any atom is -0.384 e. The first-order valence-electron chi connectivity index (χ1n) is 5.60. The van der Waals surface area contributed by atoms with Crippen molar-refractivity contribution in [1.29, 1.82) is 0 Å². The summed E-state index contributed by atoms with van der Waals surface area (Å²) in [5.41, 5.74) is 0.853. The van der Waals surface area contributed by atoms with Gasteiger partial charge >= 0.3 is 0 Å². The fourth-order valence-corrected chi connectivity index (χ4v) is 2.59. The summed E-state index contributed by atoms with van der Waals surface area (Å²) in [6, 6.07) is 0. The number of rotatable bonds is 6. The quantitative estimate of drug-likeness (QED) is 0.791. The lowest BCUT2D eigenvalue weighted by Gasteiger charge is -2.07. The van der Waals surface area contributed by atoms with Crippen molar-refractivity contribution in [3.05, 3.63) is 23.5 Å². The average molecular weight is 252 g/mol. The molecule has 0 fully saturated rings. The van der Waals surface area contributed by atoms with Gasteiger partial charge in [0.25, 0.3) is 0 Å². The Labute approximate surface area is 104 Å². The summed E-state index contributed by atoms with van der Waals surface area (Å²) in [4.78, 5) is 17.1. The van der Waals surface area contributed by atoms with Gasteiger partial charge < -0.3 is 4.74 Å². The minimum atomic E-state index is 0.223. The van der Waals surface area contributed by atoms with Crippen LogP contribution in [0.5, 0.6) is 0 Å². The Morgan fingerprint density at radius 3 is 3.18 bits per heavy atom. The Morgan fingerprint density at radius 1 is 1.65 bits per heavy atom. The largest absolute Gasteiger partial charge is 0.384 e. The minimum absolute atomic E-state index is 0.223. The Balaban J connectivity index is 1.92. The molecule has 0 radical (unpaired) electrons. The van der Waals surface area contributed by atoms with E-state index in [2.05, 4.69) is 4.98 Å². The molecule has 0 aromatic carbocycles. The predicted molar refractivity (Wildman–Crippen MR) is 67.4 cm³/mol. The smallest absolute Gasteiger partial charge is 0.193 e. The zero-order valence-corrected chi connectivity index (χ0v) is 10.9. The Morgan fingerprint density at radius 2 is 2.47 bits per heavy atom. The molecule has 0 bridgehead atoms. The van der Waals surface area contributed by atoms with E-state index in [0.717, 1.165) is 10.7 Å². The first kappa shape index (κ1) is 12.3. The molecule has 4 nitrogen and oxygen atoms in total. The molecule has 0 aliphatic carbocycles. The average Bonchev–Trinajstić information content (AvgIpc) is 2.77. The third-order valence-electron chi connectivity index (χ3n) is 2.55. The van der Waals surface area contributed by atoms with Crippen LogP contribution in [0.15, 0.2) is 17.8 Å². The maximum Gasteiger partial charge on any atom is 0.193 e. The van der Waals surface area contributed by atoms with E-state index in [4.69, 9.17) is 4.74 Å². The van der Waals surface area contributed by atoms with Crippen molar-refractivity contribution in [2.75, 3.05) is 13.7 Å². The number of nitrogens with zero attached hydrogens (tertiary/aromatic N) is 2. The van der Waals surface area contributed by atoms with Gasteiger partial charge in [-0.2, -0.15) is 0 Å². The van der Waals surface area contributed by atoms with E-state index in [1.54, 1.807) is 18.4 Å². The molecule has 0 aliphatic rings. The van der Waals surface area contributed by atoms with Crippen LogP contribution in [0.3, 0.4) is 0 Å². The van der Waals surface area contributed by atoms with Gasteiger partial charge in [0, 0.05) is 37.9 Å². The van der Waals surface area contributed by atoms with E-state index < -0.39 is 0 Å². The van der Waals surface area contributed by atoms with Crippen molar-refractivity contribution in [3.8, 4) is 0 Å². The summed E-state index contributed by atoms with van der Waals surface area (Å²) in [5, 5.41) is 1.98. The highest BCUT2D eigenvalue weighted by molar-refractivity contribution is 7.15. The van der Waals surface area contributed by atoms with E-state index >= 15 is 0 Å². The van der Waals surface area contributed by atoms with E-state index in [0.29, 0.717) is 19.4 Å². The van der Waals surface area contributed by atoms with Gasteiger partial charge in [-0.05, 0) is 5.92 Å². The van der Waals surface area contributed by atoms with Crippen molar-refractivity contribution in [1.82, 2.24) is 9.38 Å². The van der Waals surface area contributed by atoms with Crippen LogP contribution in [0, 0.1) is 5.92 Å². The third kappa shape index (κ3) is 3.14. The highest BCUT2D eigenvalue weighted by Crippen LogP contribution is 2.13. The van der Waals surface area contributed by atoms with Crippen LogP contribution >= 0.6 is 11.3 Å². The molecule has 0 spiro atoms. The second-order valence-corrected chi connectivity index (χ2v) is 5.18. The normalized spacial score (nSPS) is 13.1. The van der Waals surface area contributed by atoms with Gasteiger partial charge in [0.15, 0.2) is 4.96 Å². The molecule has 0 saturated heterocycles. The lowest BCUT2D eigenvalue weighted by Crippen LogP contribution is -2.12. The monoisotopic (exact) mass is 252 g/mol. The fourth-order valence-electron chi connectivity index (χ4n) is 1.87. The van der Waals surface area contributed by atoms with Crippen LogP contribution in [0.25, 0.3) is 4.96 Å². The molecule has 2 aromatic heterocycles. The van der Waals surface area contributed by atoms with Crippen molar-refractivity contribution < 1.29 is 9.53 Å². The van der Waals surface area contributed by atoms with Gasteiger partial charge in [0.2, 0.25) is 0 Å². The SMILES string of the molecule is COCC(C)CC(=O)Cc1cn2ccsc2n1. The Bertz CT molecular complexity index is 475. The third-order valence-corrected chi connectivity index (χ3v) is 3.32. The number of imidazole rings is 1. The number of carbonyl (C=O) groups is 1. The fraction of sp³-hybridized carbons (Fsp3) is 0.500. The molecule has 92 valence electrons. The van der Waals surface area contributed by atoms with Crippen molar-refractivity contribution in [2.45, 2.75) is 19.8 Å². The van der Waals surface area contributed by atoms with Crippen LogP contribution in [-0.2, 0) is 16.0 Å². The first-order chi connectivity index (χ1) is 8.19. The number of fused-ring (bicyclic) bond motifs is 1. The van der Waals surface area contributed by atoms with Crippen LogP contribution in [0.1, 0.15) is 19.0 Å². The highest BCUT2D eigenvalue weighted by atomic mass is 32.1. The van der Waals surface area contributed by atoms with E-state index in [1.807, 2.05) is 29.1 Å². The standard InChI is InChI=1S/C12H16N2O2S/c1-9(8-16-2)5-11(15)6-10-7-14-3-4-17-12(14)13-10/h3-4,7,9H,5-6,8H2,1-2H3. The Hall–Kier alpha value is -1.20. The summed E-state index contributed by atoms with van der Waals surface area (Å²) in [6.07, 6.45) is 4.85. The van der Waals surface area contributed by atoms with Crippen LogP contribution in [0.2, 0.25) is 0 Å². The van der Waals surface area contributed by atoms with Crippen molar-refractivity contribution in [2.24, 2.45) is 5.92 Å². The maximum absolute atomic E-state index is 11.8. The van der Waals surface area contributed by atoms with Gasteiger partial charge in [-0.15, -0.1) is 11.3 Å². The predicted octanol–water partition coefficient (Wildman–Crippen LogP) is 2.18. The van der Waals surface area contributed by atoms with Crippen LogP contribution in [-0.4, -0.2) is 28.9 Å². The van der Waals surface area contributed by atoms with Crippen LogP contribution < -0.4 is 0 Å². The maximum atomic E-state index is 11.8. The number of carbonyl (C=O) groups excluding carboxylic acids is 1. The number of ether oxygens (including phenoxy) is 1. The molecule has 5 heteroatoms. The summed E-state index contributed by atoms with van der Waals surface area (Å²) in [5.74, 6) is 0.497. The lowest BCUT2D eigenvalue weighted by molar-refractivity contribution is -0.119. The summed E-state index contributed by atoms with van der Waals surface area (Å²) < 4.78 is 6.97. The molecule has 1 unspecified atom stereocenters. The van der Waals surface area contributed by atoms with Crippen molar-refractivity contribution in [3.63, 3.8) is 0 Å². The Kier molecular flexibility index (Phi) is 3.91. The molecule has 2 heterocycles. The number of aromatic nitrogens is 2. The molecule has 0 saturated carbocycles. The molecular formula is C12H16N2O2S. The van der Waals surface area contributed by atoms with E-state index in [9.17, 15) is 4.79 Å². The second kappa shape index (κ2) is 5.42. The summed E-state index contributed by atoms with van der Waals surface area (Å²) >= 11 is 1.58. The number of hydrogen-bond acceptors (Lipinski definition) is 4. The highest BCUT2D eigenvalue weighted by Gasteiger charge is 2.12. The van der Waals surface area contributed by atoms with Gasteiger partial charge in [0.05, 0.1) is 12.1 Å². The number of methoxy groups -OCH3 is 1. The van der Waals surface area contributed by atoms with Crippen molar-refractivity contribution >= 4 is 22.1 Å². The van der Waals surface area contributed by atoms with Gasteiger partial charge in [-0.1, -0.05) is 6.92 Å². The number of ketones is 1. The lowest BCUT2D eigenvalue weighted by atomic mass is 10.0. The zero-order valence-electron chi connectivity index (χ0n) is 10.0. The number of hydrogen-bond donors (Lipinski definition) is 0. The molecule has 17 heavy (non-hydrogen) atoms. The zero-order chi connectivity index (χ0) is 12.3. The molecule has 0 aliphatic heterocycles. The summed E-state index contributed by atoms with van der Waals surface area (Å²) in [7, 11) is 1.66. The second-order valence-electron chi connectivity index (χ2n) is 4.31. The van der Waals surface area contributed by atoms with Crippen LogP contribution in [0.4, 0.5) is 0 Å². The molecule has 1 atom stereocenters. The number of thiazole rings is 1.